The summed E-state index contributed by atoms with van der Waals surface area (Å²) in [5, 5.41) is 20.0. The molecule has 0 saturated heterocycles. The summed E-state index contributed by atoms with van der Waals surface area (Å²) in [5.41, 5.74) is 1.99. The Hall–Kier alpha value is -2.36. The van der Waals surface area contributed by atoms with E-state index in [1.54, 1.807) is 18.2 Å². The summed E-state index contributed by atoms with van der Waals surface area (Å²) in [5.74, 6) is 0.385. The second-order valence-corrected chi connectivity index (χ2v) is 6.59. The standard InChI is InChI=1S/C17H11BrN2O2S/c1-22-15-8-12(18)10(7-14(15)21)6-11(9-19)17-20-13-4-2-3-5-16(13)23-17/h2-8,21H,1H3/b11-6+. The van der Waals surface area contributed by atoms with Crippen LogP contribution in [0.4, 0.5) is 0 Å². The molecule has 1 aromatic heterocycles. The van der Waals surface area contributed by atoms with Crippen LogP contribution in [0.5, 0.6) is 11.5 Å². The number of phenolic OH excluding ortho intramolecular Hbond substituents is 1. The van der Waals surface area contributed by atoms with Crippen LogP contribution in [0.1, 0.15) is 10.6 Å². The van der Waals surface area contributed by atoms with Gasteiger partial charge in [-0.3, -0.25) is 0 Å². The van der Waals surface area contributed by atoms with Crippen molar-refractivity contribution in [1.82, 2.24) is 4.98 Å². The fourth-order valence-electron chi connectivity index (χ4n) is 2.12. The number of aromatic hydroxyl groups is 1. The molecule has 0 atom stereocenters. The molecule has 3 aromatic rings. The summed E-state index contributed by atoms with van der Waals surface area (Å²) in [6.45, 7) is 0. The summed E-state index contributed by atoms with van der Waals surface area (Å²) in [6, 6.07) is 13.1. The molecular formula is C17H11BrN2O2S. The van der Waals surface area contributed by atoms with Gasteiger partial charge in [0.05, 0.1) is 22.9 Å². The minimum atomic E-state index is 0.0172. The fourth-order valence-corrected chi connectivity index (χ4v) is 3.49. The summed E-state index contributed by atoms with van der Waals surface area (Å²) < 4.78 is 6.81. The van der Waals surface area contributed by atoms with Gasteiger partial charge in [-0.2, -0.15) is 5.26 Å². The van der Waals surface area contributed by atoms with Crippen molar-refractivity contribution in [3.8, 4) is 17.6 Å². The number of rotatable bonds is 3. The molecule has 0 spiro atoms. The van der Waals surface area contributed by atoms with Crippen LogP contribution in [0.25, 0.3) is 21.9 Å². The van der Waals surface area contributed by atoms with E-state index in [1.165, 1.54) is 18.4 Å². The molecule has 2 aromatic carbocycles. The maximum absolute atomic E-state index is 9.92. The maximum Gasteiger partial charge on any atom is 0.161 e. The summed E-state index contributed by atoms with van der Waals surface area (Å²) in [6.07, 6.45) is 1.70. The second kappa shape index (κ2) is 6.41. The highest BCUT2D eigenvalue weighted by molar-refractivity contribution is 9.10. The number of aromatic nitrogens is 1. The molecule has 0 bridgehead atoms. The molecule has 6 heteroatoms. The Bertz CT molecular complexity index is 924. The first-order valence-electron chi connectivity index (χ1n) is 6.66. The van der Waals surface area contributed by atoms with E-state index in [0.29, 0.717) is 21.9 Å². The maximum atomic E-state index is 9.92. The topological polar surface area (TPSA) is 66.1 Å². The number of thiazole rings is 1. The van der Waals surface area contributed by atoms with Crippen LogP contribution in [-0.2, 0) is 0 Å². The largest absolute Gasteiger partial charge is 0.504 e. The van der Waals surface area contributed by atoms with Gasteiger partial charge in [-0.05, 0) is 35.9 Å². The number of phenols is 1. The van der Waals surface area contributed by atoms with Crippen LogP contribution in [0, 0.1) is 11.3 Å². The highest BCUT2D eigenvalue weighted by atomic mass is 79.9. The number of nitriles is 1. The number of hydrogen-bond acceptors (Lipinski definition) is 5. The van der Waals surface area contributed by atoms with Gasteiger partial charge in [0.2, 0.25) is 0 Å². The predicted molar refractivity (Wildman–Crippen MR) is 95.5 cm³/mol. The van der Waals surface area contributed by atoms with Gasteiger partial charge in [0, 0.05) is 4.47 Å². The van der Waals surface area contributed by atoms with Crippen molar-refractivity contribution >= 4 is 49.1 Å². The monoisotopic (exact) mass is 386 g/mol. The van der Waals surface area contributed by atoms with Gasteiger partial charge in [-0.25, -0.2) is 4.98 Å². The van der Waals surface area contributed by atoms with Gasteiger partial charge in [0.15, 0.2) is 11.5 Å². The third kappa shape index (κ3) is 3.07. The van der Waals surface area contributed by atoms with E-state index in [4.69, 9.17) is 4.74 Å². The predicted octanol–water partition coefficient (Wildman–Crippen LogP) is 4.84. The zero-order valence-corrected chi connectivity index (χ0v) is 14.5. The van der Waals surface area contributed by atoms with Crippen LogP contribution < -0.4 is 4.74 Å². The van der Waals surface area contributed by atoms with Crippen molar-refractivity contribution in [3.63, 3.8) is 0 Å². The number of allylic oxidation sites excluding steroid dienone is 1. The zero-order valence-electron chi connectivity index (χ0n) is 12.1. The lowest BCUT2D eigenvalue weighted by Gasteiger charge is -2.06. The molecule has 0 fully saturated rings. The Balaban J connectivity index is 2.09. The number of para-hydroxylation sites is 1. The van der Waals surface area contributed by atoms with E-state index in [-0.39, 0.29) is 5.75 Å². The Morgan fingerprint density at radius 1 is 1.39 bits per heavy atom. The van der Waals surface area contributed by atoms with Gasteiger partial charge in [-0.1, -0.05) is 28.1 Å². The molecule has 0 unspecified atom stereocenters. The van der Waals surface area contributed by atoms with Crippen molar-refractivity contribution < 1.29 is 9.84 Å². The molecule has 1 heterocycles. The number of halogens is 1. The van der Waals surface area contributed by atoms with E-state index >= 15 is 0 Å². The number of fused-ring (bicyclic) bond motifs is 1. The van der Waals surface area contributed by atoms with Crippen LogP contribution in [0.2, 0.25) is 0 Å². The number of ether oxygens (including phenoxy) is 1. The van der Waals surface area contributed by atoms with Crippen LogP contribution in [0.15, 0.2) is 40.9 Å². The van der Waals surface area contributed by atoms with Crippen molar-refractivity contribution in [1.29, 1.82) is 5.26 Å². The van der Waals surface area contributed by atoms with Gasteiger partial charge >= 0.3 is 0 Å². The lowest BCUT2D eigenvalue weighted by molar-refractivity contribution is 0.373. The highest BCUT2D eigenvalue weighted by Crippen LogP contribution is 2.35. The third-order valence-corrected chi connectivity index (χ3v) is 5.00. The average molecular weight is 387 g/mol. The summed E-state index contributed by atoms with van der Waals surface area (Å²) in [4.78, 5) is 4.49. The SMILES string of the molecule is COc1cc(Br)c(/C=C(\C#N)c2nc3ccccc3s2)cc1O. The minimum Gasteiger partial charge on any atom is -0.504 e. The molecule has 0 aliphatic heterocycles. The molecule has 0 saturated carbocycles. The molecule has 0 radical (unpaired) electrons. The molecule has 4 nitrogen and oxygen atoms in total. The van der Waals surface area contributed by atoms with Crippen molar-refractivity contribution in [3.05, 3.63) is 51.4 Å². The molecular weight excluding hydrogens is 376 g/mol. The number of methoxy groups -OCH3 is 1. The molecule has 0 amide bonds. The normalized spacial score (nSPS) is 11.4. The van der Waals surface area contributed by atoms with Gasteiger partial charge in [0.25, 0.3) is 0 Å². The third-order valence-electron chi connectivity index (χ3n) is 3.24. The first-order chi connectivity index (χ1) is 11.1. The number of benzene rings is 2. The zero-order chi connectivity index (χ0) is 16.4. The summed E-state index contributed by atoms with van der Waals surface area (Å²) in [7, 11) is 1.48. The van der Waals surface area contributed by atoms with E-state index in [2.05, 4.69) is 27.0 Å². The Morgan fingerprint density at radius 2 is 2.17 bits per heavy atom. The smallest absolute Gasteiger partial charge is 0.161 e. The van der Waals surface area contributed by atoms with Crippen LogP contribution in [-0.4, -0.2) is 17.2 Å². The Labute approximate surface area is 145 Å². The van der Waals surface area contributed by atoms with E-state index in [9.17, 15) is 10.4 Å². The van der Waals surface area contributed by atoms with Gasteiger partial charge < -0.3 is 9.84 Å². The highest BCUT2D eigenvalue weighted by Gasteiger charge is 2.11. The van der Waals surface area contributed by atoms with E-state index < -0.39 is 0 Å². The fraction of sp³-hybridized carbons (Fsp3) is 0.0588. The lowest BCUT2D eigenvalue weighted by Crippen LogP contribution is -1.87. The number of nitrogens with zero attached hydrogens (tertiary/aromatic N) is 2. The van der Waals surface area contributed by atoms with Crippen molar-refractivity contribution in [2.75, 3.05) is 7.11 Å². The van der Waals surface area contributed by atoms with Crippen LogP contribution in [0.3, 0.4) is 0 Å². The molecule has 3 rings (SSSR count). The molecule has 114 valence electrons. The van der Waals surface area contributed by atoms with Crippen LogP contribution >= 0.6 is 27.3 Å². The summed E-state index contributed by atoms with van der Waals surface area (Å²) >= 11 is 4.89. The first-order valence-corrected chi connectivity index (χ1v) is 8.27. The lowest BCUT2D eigenvalue weighted by atomic mass is 10.1. The van der Waals surface area contributed by atoms with Gasteiger partial charge in [-0.15, -0.1) is 11.3 Å². The molecule has 0 aliphatic rings. The quantitative estimate of drug-likeness (QED) is 0.654. The van der Waals surface area contributed by atoms with E-state index in [1.807, 2.05) is 24.3 Å². The molecule has 23 heavy (non-hydrogen) atoms. The molecule has 0 aliphatic carbocycles. The Morgan fingerprint density at radius 3 is 2.87 bits per heavy atom. The van der Waals surface area contributed by atoms with E-state index in [0.717, 1.165) is 14.7 Å². The second-order valence-electron chi connectivity index (χ2n) is 4.70. The Kier molecular flexibility index (Phi) is 4.33. The number of hydrogen-bond donors (Lipinski definition) is 1. The minimum absolute atomic E-state index is 0.0172. The average Bonchev–Trinajstić information content (AvgIpc) is 2.98. The first kappa shape index (κ1) is 15.5. The molecule has 1 N–H and O–H groups in total. The van der Waals surface area contributed by atoms with Crippen molar-refractivity contribution in [2.45, 2.75) is 0 Å². The van der Waals surface area contributed by atoms with Gasteiger partial charge in [0.1, 0.15) is 11.1 Å². The van der Waals surface area contributed by atoms with Crippen molar-refractivity contribution in [2.24, 2.45) is 0 Å².